The van der Waals surface area contributed by atoms with Crippen LogP contribution in [0.2, 0.25) is 5.02 Å². The number of aromatic nitrogens is 3. The standard InChI is InChI=1S/C32H34ClN7O3/c1-22-19-38(2)14-15-39(22)13-5-7-29(41)40-16-17-42-31-27(40)10-9-26-30(31)32(36-21-35-26)37-23-8-11-28(25(33)18-23)43-20-24-6-3-4-12-34-24/h3-12,18,21-22H,13-17,19-20H2,1-2H3,(H,35,36,37)/b7-5+. The molecule has 1 amide bonds. The molecule has 1 unspecified atom stereocenters. The third-order valence-corrected chi connectivity index (χ3v) is 8.01. The maximum atomic E-state index is 13.3. The lowest BCUT2D eigenvalue weighted by molar-refractivity contribution is -0.114. The Hall–Kier alpha value is -4.25. The van der Waals surface area contributed by atoms with Gasteiger partial charge in [-0.3, -0.25) is 14.7 Å². The minimum atomic E-state index is -0.0786. The molecule has 0 radical (unpaired) electrons. The van der Waals surface area contributed by atoms with Gasteiger partial charge in [0, 0.05) is 50.2 Å². The molecule has 2 aliphatic rings. The Morgan fingerprint density at radius 3 is 2.86 bits per heavy atom. The molecule has 1 atom stereocenters. The highest BCUT2D eigenvalue weighted by atomic mass is 35.5. The van der Waals surface area contributed by atoms with Crippen molar-refractivity contribution in [2.75, 3.05) is 56.6 Å². The summed E-state index contributed by atoms with van der Waals surface area (Å²) < 4.78 is 12.0. The summed E-state index contributed by atoms with van der Waals surface area (Å²) in [6.07, 6.45) is 6.86. The fraction of sp³-hybridized carbons (Fsp3) is 0.312. The van der Waals surface area contributed by atoms with Gasteiger partial charge in [-0.1, -0.05) is 23.7 Å². The summed E-state index contributed by atoms with van der Waals surface area (Å²) in [5, 5.41) is 4.50. The Morgan fingerprint density at radius 1 is 1.14 bits per heavy atom. The molecule has 2 aromatic heterocycles. The Balaban J connectivity index is 1.20. The van der Waals surface area contributed by atoms with Crippen LogP contribution in [0.4, 0.5) is 17.2 Å². The van der Waals surface area contributed by atoms with Gasteiger partial charge >= 0.3 is 0 Å². The molecule has 1 fully saturated rings. The van der Waals surface area contributed by atoms with E-state index in [-0.39, 0.29) is 5.91 Å². The smallest absolute Gasteiger partial charge is 0.250 e. The number of carbonyl (C=O) groups excluding carboxylic acids is 1. The topological polar surface area (TPSA) is 96.0 Å². The molecule has 1 saturated heterocycles. The number of nitrogens with one attached hydrogen (secondary N) is 1. The zero-order valence-electron chi connectivity index (χ0n) is 24.2. The monoisotopic (exact) mass is 599 g/mol. The second kappa shape index (κ2) is 12.9. The van der Waals surface area contributed by atoms with Gasteiger partial charge in [0.05, 0.1) is 33.9 Å². The number of rotatable bonds is 8. The zero-order valence-corrected chi connectivity index (χ0v) is 25.0. The maximum absolute atomic E-state index is 13.3. The van der Waals surface area contributed by atoms with E-state index in [1.54, 1.807) is 29.3 Å². The molecule has 0 aliphatic carbocycles. The molecule has 4 heterocycles. The van der Waals surface area contributed by atoms with Crippen LogP contribution >= 0.6 is 11.6 Å². The van der Waals surface area contributed by atoms with Crippen LogP contribution in [0.15, 0.2) is 73.2 Å². The molecule has 1 N–H and O–H groups in total. The van der Waals surface area contributed by atoms with E-state index in [2.05, 4.69) is 44.0 Å². The first-order valence-electron chi connectivity index (χ1n) is 14.4. The SMILES string of the molecule is CC1CN(C)CCN1C/C=C/C(=O)N1CCOc2c1ccc1ncnc(Nc3ccc(OCc4ccccn4)c(Cl)c3)c21. The highest BCUT2D eigenvalue weighted by Crippen LogP contribution is 2.42. The fourth-order valence-electron chi connectivity index (χ4n) is 5.45. The van der Waals surface area contributed by atoms with Crippen LogP contribution in [0.5, 0.6) is 11.5 Å². The van der Waals surface area contributed by atoms with Crippen molar-refractivity contribution < 1.29 is 14.3 Å². The summed E-state index contributed by atoms with van der Waals surface area (Å²) in [6.45, 7) is 7.15. The first-order valence-corrected chi connectivity index (χ1v) is 14.7. The quantitative estimate of drug-likeness (QED) is 0.283. The number of hydrogen-bond donors (Lipinski definition) is 1. The average Bonchev–Trinajstić information content (AvgIpc) is 3.02. The first-order chi connectivity index (χ1) is 21.0. The summed E-state index contributed by atoms with van der Waals surface area (Å²) in [7, 11) is 2.14. The predicted molar refractivity (Wildman–Crippen MR) is 168 cm³/mol. The van der Waals surface area contributed by atoms with Crippen molar-refractivity contribution in [2.45, 2.75) is 19.6 Å². The molecule has 2 aromatic carbocycles. The summed E-state index contributed by atoms with van der Waals surface area (Å²) in [5.74, 6) is 1.59. The Morgan fingerprint density at radius 2 is 2.05 bits per heavy atom. The largest absolute Gasteiger partial charge is 0.489 e. The third kappa shape index (κ3) is 6.56. The average molecular weight is 600 g/mol. The number of pyridine rings is 1. The number of carbonyl (C=O) groups is 1. The third-order valence-electron chi connectivity index (χ3n) is 7.72. The van der Waals surface area contributed by atoms with Crippen molar-refractivity contribution in [2.24, 2.45) is 0 Å². The second-order valence-corrected chi connectivity index (χ2v) is 11.2. The van der Waals surface area contributed by atoms with Crippen molar-refractivity contribution >= 4 is 45.6 Å². The molecule has 0 bridgehead atoms. The summed E-state index contributed by atoms with van der Waals surface area (Å²) in [4.78, 5) is 33.1. The van der Waals surface area contributed by atoms with E-state index in [4.69, 9.17) is 21.1 Å². The lowest BCUT2D eigenvalue weighted by Gasteiger charge is -2.37. The van der Waals surface area contributed by atoms with Crippen LogP contribution in [0.25, 0.3) is 10.9 Å². The van der Waals surface area contributed by atoms with Crippen LogP contribution in [-0.4, -0.2) is 83.1 Å². The Labute approximate surface area is 255 Å². The molecular weight excluding hydrogens is 566 g/mol. The van der Waals surface area contributed by atoms with Crippen molar-refractivity contribution in [1.29, 1.82) is 0 Å². The van der Waals surface area contributed by atoms with Gasteiger partial charge in [0.1, 0.15) is 31.1 Å². The normalized spacial score (nSPS) is 17.6. The van der Waals surface area contributed by atoms with Crippen LogP contribution in [0.3, 0.4) is 0 Å². The van der Waals surface area contributed by atoms with E-state index in [1.807, 2.05) is 42.5 Å². The van der Waals surface area contributed by atoms with E-state index in [0.29, 0.717) is 64.7 Å². The molecule has 4 aromatic rings. The van der Waals surface area contributed by atoms with Gasteiger partial charge in [-0.05, 0) is 56.4 Å². The molecule has 0 saturated carbocycles. The predicted octanol–water partition coefficient (Wildman–Crippen LogP) is 4.92. The van der Waals surface area contributed by atoms with Crippen molar-refractivity contribution in [3.8, 4) is 11.5 Å². The van der Waals surface area contributed by atoms with E-state index < -0.39 is 0 Å². The first kappa shape index (κ1) is 28.9. The van der Waals surface area contributed by atoms with E-state index in [1.165, 1.54) is 6.33 Å². The number of anilines is 3. The van der Waals surface area contributed by atoms with Crippen molar-refractivity contribution in [3.05, 3.63) is 83.9 Å². The van der Waals surface area contributed by atoms with Gasteiger partial charge in [0.25, 0.3) is 5.91 Å². The molecular formula is C32H34ClN7O3. The van der Waals surface area contributed by atoms with Gasteiger partial charge in [-0.15, -0.1) is 0 Å². The van der Waals surface area contributed by atoms with Crippen LogP contribution in [0.1, 0.15) is 12.6 Å². The second-order valence-electron chi connectivity index (χ2n) is 10.8. The number of halogens is 1. The van der Waals surface area contributed by atoms with Crippen LogP contribution in [0, 0.1) is 0 Å². The van der Waals surface area contributed by atoms with Crippen molar-refractivity contribution in [3.63, 3.8) is 0 Å². The number of ether oxygens (including phenoxy) is 2. The number of amides is 1. The minimum absolute atomic E-state index is 0.0786. The van der Waals surface area contributed by atoms with Gasteiger partial charge in [-0.2, -0.15) is 0 Å². The number of likely N-dealkylation sites (N-methyl/N-ethyl adjacent to an activating group) is 1. The summed E-state index contributed by atoms with van der Waals surface area (Å²) >= 11 is 6.56. The fourth-order valence-corrected chi connectivity index (χ4v) is 5.68. The maximum Gasteiger partial charge on any atom is 0.250 e. The van der Waals surface area contributed by atoms with Gasteiger partial charge < -0.3 is 24.6 Å². The Bertz CT molecular complexity index is 1630. The molecule has 10 nitrogen and oxygen atoms in total. The highest BCUT2D eigenvalue weighted by molar-refractivity contribution is 6.32. The van der Waals surface area contributed by atoms with Crippen LogP contribution in [-0.2, 0) is 11.4 Å². The van der Waals surface area contributed by atoms with Gasteiger partial charge in [0.15, 0.2) is 5.75 Å². The van der Waals surface area contributed by atoms with E-state index in [0.717, 1.165) is 37.6 Å². The van der Waals surface area contributed by atoms with Gasteiger partial charge in [0.2, 0.25) is 0 Å². The number of hydrogen-bond acceptors (Lipinski definition) is 9. The minimum Gasteiger partial charge on any atom is -0.489 e. The lowest BCUT2D eigenvalue weighted by atomic mass is 10.1. The lowest BCUT2D eigenvalue weighted by Crippen LogP contribution is -2.50. The summed E-state index contributed by atoms with van der Waals surface area (Å²) in [5.41, 5.74) is 2.92. The zero-order chi connectivity index (χ0) is 29.8. The van der Waals surface area contributed by atoms with Crippen LogP contribution < -0.4 is 19.7 Å². The number of piperazine rings is 1. The number of nitrogens with zero attached hydrogens (tertiary/aromatic N) is 6. The Kier molecular flexibility index (Phi) is 8.69. The molecule has 43 heavy (non-hydrogen) atoms. The molecule has 0 spiro atoms. The molecule has 6 rings (SSSR count). The highest BCUT2D eigenvalue weighted by Gasteiger charge is 2.26. The molecule has 2 aliphatic heterocycles. The number of benzene rings is 2. The van der Waals surface area contributed by atoms with Gasteiger partial charge in [-0.25, -0.2) is 9.97 Å². The van der Waals surface area contributed by atoms with Crippen molar-refractivity contribution in [1.82, 2.24) is 24.8 Å². The van der Waals surface area contributed by atoms with E-state index >= 15 is 0 Å². The molecule has 222 valence electrons. The van der Waals surface area contributed by atoms with E-state index in [9.17, 15) is 4.79 Å². The number of fused-ring (bicyclic) bond motifs is 3. The molecule has 11 heteroatoms. The summed E-state index contributed by atoms with van der Waals surface area (Å²) in [6, 6.07) is 15.3.